The summed E-state index contributed by atoms with van der Waals surface area (Å²) in [7, 11) is 0. The highest BCUT2D eigenvalue weighted by Gasteiger charge is 2.49. The molecule has 3 amide bonds. The molecule has 8 nitrogen and oxygen atoms in total. The molecule has 2 atom stereocenters. The lowest BCUT2D eigenvalue weighted by Gasteiger charge is -2.40. The molecule has 37 heavy (non-hydrogen) atoms. The molecule has 5 rings (SSSR count). The number of nitrogens with one attached hydrogen (secondary N) is 2. The molecule has 2 aliphatic rings. The van der Waals surface area contributed by atoms with Gasteiger partial charge in [0.05, 0.1) is 5.69 Å². The zero-order chi connectivity index (χ0) is 26.2. The SMILES string of the molecule is O=C(N[C@@H](Cc1ccccc1)C(=O)N1C(=O)OC2(CCNC2)c2cc(Cl)ccc21)c1ccc(O)c(F)c1. The van der Waals surface area contributed by atoms with Gasteiger partial charge in [-0.1, -0.05) is 41.9 Å². The summed E-state index contributed by atoms with van der Waals surface area (Å²) in [5.74, 6) is -3.04. The molecule has 190 valence electrons. The predicted molar refractivity (Wildman–Crippen MR) is 134 cm³/mol. The molecule has 0 bridgehead atoms. The van der Waals surface area contributed by atoms with E-state index in [0.29, 0.717) is 35.8 Å². The third-order valence-electron chi connectivity index (χ3n) is 6.59. The molecule has 3 aromatic carbocycles. The van der Waals surface area contributed by atoms with Crippen molar-refractivity contribution >= 4 is 35.2 Å². The highest BCUT2D eigenvalue weighted by Crippen LogP contribution is 2.44. The van der Waals surface area contributed by atoms with Crippen LogP contribution in [0.4, 0.5) is 14.9 Å². The summed E-state index contributed by atoms with van der Waals surface area (Å²) in [4.78, 5) is 41.1. The van der Waals surface area contributed by atoms with Crippen LogP contribution in [0.25, 0.3) is 0 Å². The van der Waals surface area contributed by atoms with Crippen molar-refractivity contribution in [3.8, 4) is 5.75 Å². The van der Waals surface area contributed by atoms with Crippen LogP contribution >= 0.6 is 11.6 Å². The van der Waals surface area contributed by atoms with Crippen molar-refractivity contribution in [2.45, 2.75) is 24.5 Å². The molecule has 1 fully saturated rings. The maximum atomic E-state index is 13.9. The summed E-state index contributed by atoms with van der Waals surface area (Å²) in [5, 5.41) is 15.7. The summed E-state index contributed by atoms with van der Waals surface area (Å²) < 4.78 is 19.7. The van der Waals surface area contributed by atoms with E-state index in [1.54, 1.807) is 42.5 Å². The second kappa shape index (κ2) is 9.84. The minimum absolute atomic E-state index is 0.0609. The van der Waals surface area contributed by atoms with Crippen LogP contribution in [0.5, 0.6) is 5.75 Å². The van der Waals surface area contributed by atoms with Gasteiger partial charge in [-0.25, -0.2) is 14.1 Å². The molecule has 0 radical (unpaired) electrons. The lowest BCUT2D eigenvalue weighted by atomic mass is 9.89. The Morgan fingerprint density at radius 2 is 1.95 bits per heavy atom. The largest absolute Gasteiger partial charge is 0.505 e. The summed E-state index contributed by atoms with van der Waals surface area (Å²) in [6.45, 7) is 1.01. The van der Waals surface area contributed by atoms with Crippen LogP contribution < -0.4 is 15.5 Å². The fourth-order valence-electron chi connectivity index (χ4n) is 4.72. The highest BCUT2D eigenvalue weighted by atomic mass is 35.5. The van der Waals surface area contributed by atoms with E-state index < -0.39 is 41.1 Å². The van der Waals surface area contributed by atoms with Crippen molar-refractivity contribution in [2.24, 2.45) is 0 Å². The second-order valence-corrected chi connectivity index (χ2v) is 9.44. The van der Waals surface area contributed by atoms with Crippen LogP contribution in [0.3, 0.4) is 0 Å². The first-order valence-electron chi connectivity index (χ1n) is 11.7. The Kier molecular flexibility index (Phi) is 6.57. The number of carbonyl (C=O) groups is 3. The van der Waals surface area contributed by atoms with Gasteiger partial charge in [-0.3, -0.25) is 9.59 Å². The number of phenols is 1. The Hall–Kier alpha value is -3.95. The second-order valence-electron chi connectivity index (χ2n) is 9.01. The summed E-state index contributed by atoms with van der Waals surface area (Å²) in [6, 6.07) is 15.8. The first-order valence-corrected chi connectivity index (χ1v) is 12.1. The van der Waals surface area contributed by atoms with Crippen LogP contribution in [0.2, 0.25) is 5.02 Å². The number of aromatic hydroxyl groups is 1. The number of carbonyl (C=O) groups excluding carboxylic acids is 3. The van der Waals surface area contributed by atoms with Gasteiger partial charge in [-0.2, -0.15) is 0 Å². The van der Waals surface area contributed by atoms with Gasteiger partial charge < -0.3 is 20.5 Å². The third-order valence-corrected chi connectivity index (χ3v) is 6.82. The van der Waals surface area contributed by atoms with E-state index in [9.17, 15) is 23.9 Å². The minimum atomic E-state index is -1.20. The monoisotopic (exact) mass is 523 g/mol. The van der Waals surface area contributed by atoms with E-state index in [4.69, 9.17) is 16.3 Å². The van der Waals surface area contributed by atoms with E-state index in [1.165, 1.54) is 6.07 Å². The van der Waals surface area contributed by atoms with Gasteiger partial charge in [0.25, 0.3) is 11.8 Å². The number of hydrogen-bond acceptors (Lipinski definition) is 6. The fourth-order valence-corrected chi connectivity index (χ4v) is 4.90. The van der Waals surface area contributed by atoms with Crippen LogP contribution in [0.15, 0.2) is 66.7 Å². The van der Waals surface area contributed by atoms with Crippen molar-refractivity contribution in [3.05, 3.63) is 94.3 Å². The number of nitrogens with zero attached hydrogens (tertiary/aromatic N) is 1. The molecule has 10 heteroatoms. The van der Waals surface area contributed by atoms with Gasteiger partial charge in [-0.15, -0.1) is 0 Å². The quantitative estimate of drug-likeness (QED) is 0.468. The van der Waals surface area contributed by atoms with E-state index in [2.05, 4.69) is 10.6 Å². The third kappa shape index (κ3) is 4.75. The minimum Gasteiger partial charge on any atom is -0.505 e. The molecule has 0 saturated carbocycles. The number of ether oxygens (including phenoxy) is 1. The number of rotatable bonds is 5. The molecule has 0 aliphatic carbocycles. The van der Waals surface area contributed by atoms with Gasteiger partial charge in [0.2, 0.25) is 0 Å². The number of halogens is 2. The van der Waals surface area contributed by atoms with Gasteiger partial charge >= 0.3 is 6.09 Å². The number of amides is 3. The highest BCUT2D eigenvalue weighted by molar-refractivity contribution is 6.31. The van der Waals surface area contributed by atoms with Crippen molar-refractivity contribution in [3.63, 3.8) is 0 Å². The van der Waals surface area contributed by atoms with Crippen LogP contribution in [-0.4, -0.2) is 42.1 Å². The van der Waals surface area contributed by atoms with E-state index >= 15 is 0 Å². The number of imide groups is 1. The molecule has 0 aromatic heterocycles. The Bertz CT molecular complexity index is 1380. The van der Waals surface area contributed by atoms with Gasteiger partial charge in [0, 0.05) is 35.5 Å². The fraction of sp³-hybridized carbons (Fsp3) is 0.222. The molecule has 3 N–H and O–H groups in total. The molecule has 1 unspecified atom stereocenters. The topological polar surface area (TPSA) is 108 Å². The average molecular weight is 524 g/mol. The lowest BCUT2D eigenvalue weighted by Crippen LogP contribution is -2.56. The van der Waals surface area contributed by atoms with Crippen LogP contribution in [0, 0.1) is 5.82 Å². The zero-order valence-electron chi connectivity index (χ0n) is 19.5. The molecule has 2 heterocycles. The maximum Gasteiger partial charge on any atom is 0.422 e. The number of anilines is 1. The van der Waals surface area contributed by atoms with E-state index in [0.717, 1.165) is 22.6 Å². The van der Waals surface area contributed by atoms with Gasteiger partial charge in [0.15, 0.2) is 17.2 Å². The summed E-state index contributed by atoms with van der Waals surface area (Å²) in [5.41, 5.74) is 0.623. The van der Waals surface area contributed by atoms with Crippen molar-refractivity contribution < 1.29 is 28.6 Å². The number of phenolic OH excluding ortho intramolecular Hbond substituents is 1. The Balaban J connectivity index is 1.51. The maximum absolute atomic E-state index is 13.9. The smallest absolute Gasteiger partial charge is 0.422 e. The van der Waals surface area contributed by atoms with Crippen LogP contribution in [-0.2, 0) is 21.6 Å². The van der Waals surface area contributed by atoms with Gasteiger partial charge in [-0.05, 0) is 48.5 Å². The van der Waals surface area contributed by atoms with E-state index in [-0.39, 0.29) is 12.0 Å². The molecular weight excluding hydrogens is 501 g/mol. The zero-order valence-corrected chi connectivity index (χ0v) is 20.3. The molecule has 1 saturated heterocycles. The van der Waals surface area contributed by atoms with Crippen molar-refractivity contribution in [1.29, 1.82) is 0 Å². The Labute approximate surface area is 217 Å². The van der Waals surface area contributed by atoms with Crippen molar-refractivity contribution in [2.75, 3.05) is 18.0 Å². The molecule has 2 aliphatic heterocycles. The standard InChI is InChI=1S/C27H23ClFN3O5/c28-18-7-8-22-19(14-18)27(10-11-30-15-27)37-26(36)32(22)25(35)21(12-16-4-2-1-3-5-16)31-24(34)17-6-9-23(33)20(29)13-17/h1-9,13-14,21,30,33H,10-12,15H2,(H,31,34)/t21-,27?/m0/s1. The van der Waals surface area contributed by atoms with Crippen LogP contribution in [0.1, 0.15) is 27.9 Å². The number of benzene rings is 3. The number of hydrogen-bond donors (Lipinski definition) is 3. The first-order chi connectivity index (χ1) is 17.8. The van der Waals surface area contributed by atoms with Gasteiger partial charge in [0.1, 0.15) is 6.04 Å². The van der Waals surface area contributed by atoms with Crippen molar-refractivity contribution in [1.82, 2.24) is 10.6 Å². The normalized spacial score (nSPS) is 19.3. The molecular formula is C27H23ClFN3O5. The van der Waals surface area contributed by atoms with E-state index in [1.807, 2.05) is 6.07 Å². The average Bonchev–Trinajstić information content (AvgIpc) is 3.35. The predicted octanol–water partition coefficient (Wildman–Crippen LogP) is 3.90. The Morgan fingerprint density at radius 3 is 2.65 bits per heavy atom. The number of fused-ring (bicyclic) bond motifs is 2. The summed E-state index contributed by atoms with van der Waals surface area (Å²) in [6.07, 6.45) is -0.276. The lowest BCUT2D eigenvalue weighted by molar-refractivity contribution is -0.120. The molecule has 3 aromatic rings. The summed E-state index contributed by atoms with van der Waals surface area (Å²) >= 11 is 6.26. The molecule has 1 spiro atoms. The Morgan fingerprint density at radius 1 is 1.16 bits per heavy atom. The first kappa shape index (κ1) is 24.7.